The van der Waals surface area contributed by atoms with Crippen molar-refractivity contribution in [1.82, 2.24) is 0 Å². The molecule has 1 rings (SSSR count). The number of allylic oxidation sites excluding steroid dienone is 1. The number of alkyl halides is 1. The third kappa shape index (κ3) is 7.42. The van der Waals surface area contributed by atoms with Gasteiger partial charge < -0.3 is 0 Å². The van der Waals surface area contributed by atoms with Gasteiger partial charge in [0.2, 0.25) is 0 Å². The van der Waals surface area contributed by atoms with Crippen LogP contribution in [-0.4, -0.2) is 5.88 Å². The SMILES string of the molecule is C=C(CCl)Cc1ccc(CCCCCCCC)cc1. The molecule has 0 aliphatic carbocycles. The molecule has 0 aromatic heterocycles. The Hall–Kier alpha value is -0.750. The molecule has 0 fully saturated rings. The molecule has 0 atom stereocenters. The van der Waals surface area contributed by atoms with Gasteiger partial charge in [-0.25, -0.2) is 0 Å². The van der Waals surface area contributed by atoms with Crippen LogP contribution < -0.4 is 0 Å². The van der Waals surface area contributed by atoms with Crippen LogP contribution >= 0.6 is 11.6 Å². The standard InChI is InChI=1S/C18H27Cl/c1-3-4-5-6-7-8-9-17-10-12-18(13-11-17)14-16(2)15-19/h10-13H,2-9,14-15H2,1H3. The second kappa shape index (κ2) is 10.1. The number of hydrogen-bond donors (Lipinski definition) is 0. The van der Waals surface area contributed by atoms with Crippen LogP contribution in [-0.2, 0) is 12.8 Å². The molecule has 0 bridgehead atoms. The van der Waals surface area contributed by atoms with Gasteiger partial charge in [-0.05, 0) is 30.4 Å². The fourth-order valence-electron chi connectivity index (χ4n) is 2.27. The van der Waals surface area contributed by atoms with Crippen LogP contribution in [0, 0.1) is 0 Å². The summed E-state index contributed by atoms with van der Waals surface area (Å²) < 4.78 is 0. The van der Waals surface area contributed by atoms with Gasteiger partial charge in [0.05, 0.1) is 0 Å². The lowest BCUT2D eigenvalue weighted by Gasteiger charge is -2.05. The van der Waals surface area contributed by atoms with Crippen molar-refractivity contribution in [2.24, 2.45) is 0 Å². The molecular weight excluding hydrogens is 252 g/mol. The normalized spacial score (nSPS) is 10.6. The number of unbranched alkanes of at least 4 members (excludes halogenated alkanes) is 5. The van der Waals surface area contributed by atoms with Crippen LogP contribution in [0.15, 0.2) is 36.4 Å². The molecule has 0 spiro atoms. The number of halogens is 1. The van der Waals surface area contributed by atoms with Gasteiger partial charge in [0.1, 0.15) is 0 Å². The van der Waals surface area contributed by atoms with Crippen LogP contribution in [0.25, 0.3) is 0 Å². The lowest BCUT2D eigenvalue weighted by molar-refractivity contribution is 0.607. The Labute approximate surface area is 123 Å². The fraction of sp³-hybridized carbons (Fsp3) is 0.556. The van der Waals surface area contributed by atoms with Crippen LogP contribution in [0.4, 0.5) is 0 Å². The first-order valence-electron chi connectivity index (χ1n) is 7.56. The molecule has 19 heavy (non-hydrogen) atoms. The van der Waals surface area contributed by atoms with E-state index in [0.717, 1.165) is 12.0 Å². The van der Waals surface area contributed by atoms with Crippen LogP contribution in [0.5, 0.6) is 0 Å². The predicted molar refractivity (Wildman–Crippen MR) is 87.1 cm³/mol. The van der Waals surface area contributed by atoms with Gasteiger partial charge in [-0.3, -0.25) is 0 Å². The maximum Gasteiger partial charge on any atom is 0.0434 e. The van der Waals surface area contributed by atoms with E-state index in [1.807, 2.05) is 0 Å². The Balaban J connectivity index is 2.22. The maximum atomic E-state index is 5.75. The summed E-state index contributed by atoms with van der Waals surface area (Å²) in [4.78, 5) is 0. The summed E-state index contributed by atoms with van der Waals surface area (Å²) in [6.07, 6.45) is 10.3. The zero-order valence-electron chi connectivity index (χ0n) is 12.3. The zero-order valence-corrected chi connectivity index (χ0v) is 13.0. The molecule has 0 radical (unpaired) electrons. The summed E-state index contributed by atoms with van der Waals surface area (Å²) in [7, 11) is 0. The average Bonchev–Trinajstić information content (AvgIpc) is 2.44. The van der Waals surface area contributed by atoms with Gasteiger partial charge in [-0.15, -0.1) is 11.6 Å². The molecule has 0 saturated carbocycles. The number of rotatable bonds is 10. The van der Waals surface area contributed by atoms with Gasteiger partial charge in [0, 0.05) is 5.88 Å². The van der Waals surface area contributed by atoms with E-state index < -0.39 is 0 Å². The van der Waals surface area contributed by atoms with E-state index in [-0.39, 0.29) is 0 Å². The second-order valence-corrected chi connectivity index (χ2v) is 5.66. The van der Waals surface area contributed by atoms with Crippen molar-refractivity contribution in [1.29, 1.82) is 0 Å². The Kier molecular flexibility index (Phi) is 8.66. The summed E-state index contributed by atoms with van der Waals surface area (Å²) in [6.45, 7) is 6.21. The third-order valence-electron chi connectivity index (χ3n) is 3.49. The summed E-state index contributed by atoms with van der Waals surface area (Å²) in [5, 5.41) is 0. The Morgan fingerprint density at radius 2 is 1.53 bits per heavy atom. The van der Waals surface area contributed by atoms with E-state index >= 15 is 0 Å². The van der Waals surface area contributed by atoms with Crippen molar-refractivity contribution in [3.8, 4) is 0 Å². The molecule has 1 aromatic carbocycles. The molecule has 1 heteroatoms. The second-order valence-electron chi connectivity index (χ2n) is 5.39. The van der Waals surface area contributed by atoms with E-state index in [1.54, 1.807) is 0 Å². The fourth-order valence-corrected chi connectivity index (χ4v) is 2.36. The third-order valence-corrected chi connectivity index (χ3v) is 3.86. The highest BCUT2D eigenvalue weighted by molar-refractivity contribution is 6.19. The molecular formula is C18H27Cl. The minimum Gasteiger partial charge on any atom is -0.122 e. The van der Waals surface area contributed by atoms with Gasteiger partial charge in [0.15, 0.2) is 0 Å². The largest absolute Gasteiger partial charge is 0.122 e. The summed E-state index contributed by atoms with van der Waals surface area (Å²) in [5.41, 5.74) is 3.86. The minimum absolute atomic E-state index is 0.555. The van der Waals surface area contributed by atoms with Crippen LogP contribution in [0.2, 0.25) is 0 Å². The van der Waals surface area contributed by atoms with Crippen molar-refractivity contribution >= 4 is 11.6 Å². The van der Waals surface area contributed by atoms with E-state index in [1.165, 1.54) is 56.1 Å². The Bertz CT molecular complexity index is 350. The van der Waals surface area contributed by atoms with Crippen molar-refractivity contribution in [2.75, 3.05) is 5.88 Å². The molecule has 106 valence electrons. The molecule has 0 aliphatic rings. The minimum atomic E-state index is 0.555. The highest BCUT2D eigenvalue weighted by Gasteiger charge is 1.98. The highest BCUT2D eigenvalue weighted by Crippen LogP contribution is 2.13. The van der Waals surface area contributed by atoms with Crippen molar-refractivity contribution < 1.29 is 0 Å². The van der Waals surface area contributed by atoms with Gasteiger partial charge in [-0.1, -0.05) is 75.4 Å². The van der Waals surface area contributed by atoms with E-state index in [9.17, 15) is 0 Å². The van der Waals surface area contributed by atoms with E-state index in [2.05, 4.69) is 37.8 Å². The lowest BCUT2D eigenvalue weighted by Crippen LogP contribution is -1.92. The topological polar surface area (TPSA) is 0 Å². The first kappa shape index (κ1) is 16.3. The zero-order chi connectivity index (χ0) is 13.9. The first-order valence-corrected chi connectivity index (χ1v) is 8.10. The molecule has 1 aromatic rings. The molecule has 0 N–H and O–H groups in total. The Morgan fingerprint density at radius 3 is 2.16 bits per heavy atom. The van der Waals surface area contributed by atoms with Crippen molar-refractivity contribution in [3.05, 3.63) is 47.5 Å². The van der Waals surface area contributed by atoms with Gasteiger partial charge in [0.25, 0.3) is 0 Å². The molecule has 0 amide bonds. The van der Waals surface area contributed by atoms with Crippen LogP contribution in [0.3, 0.4) is 0 Å². The molecule has 0 aliphatic heterocycles. The smallest absolute Gasteiger partial charge is 0.0434 e. The molecule has 0 saturated heterocycles. The molecule has 0 nitrogen and oxygen atoms in total. The number of hydrogen-bond acceptors (Lipinski definition) is 0. The number of benzene rings is 1. The summed E-state index contributed by atoms with van der Waals surface area (Å²) in [5.74, 6) is 0.555. The average molecular weight is 279 g/mol. The van der Waals surface area contributed by atoms with Gasteiger partial charge in [-0.2, -0.15) is 0 Å². The quantitative estimate of drug-likeness (QED) is 0.283. The monoisotopic (exact) mass is 278 g/mol. The van der Waals surface area contributed by atoms with Crippen molar-refractivity contribution in [3.63, 3.8) is 0 Å². The number of aryl methyl sites for hydroxylation is 1. The Morgan fingerprint density at radius 1 is 0.947 bits per heavy atom. The van der Waals surface area contributed by atoms with Gasteiger partial charge >= 0.3 is 0 Å². The summed E-state index contributed by atoms with van der Waals surface area (Å²) >= 11 is 5.75. The first-order chi connectivity index (χ1) is 9.26. The van der Waals surface area contributed by atoms with E-state index in [0.29, 0.717) is 5.88 Å². The van der Waals surface area contributed by atoms with E-state index in [4.69, 9.17) is 11.6 Å². The lowest BCUT2D eigenvalue weighted by atomic mass is 10.0. The summed E-state index contributed by atoms with van der Waals surface area (Å²) in [6, 6.07) is 8.93. The van der Waals surface area contributed by atoms with Crippen molar-refractivity contribution in [2.45, 2.75) is 58.3 Å². The van der Waals surface area contributed by atoms with Crippen LogP contribution in [0.1, 0.15) is 56.6 Å². The molecule has 0 unspecified atom stereocenters. The predicted octanol–water partition coefficient (Wildman–Crippen LogP) is 5.93. The molecule has 0 heterocycles. The highest BCUT2D eigenvalue weighted by atomic mass is 35.5. The maximum absolute atomic E-state index is 5.75.